The van der Waals surface area contributed by atoms with Crippen molar-refractivity contribution in [2.75, 3.05) is 6.54 Å². The van der Waals surface area contributed by atoms with E-state index in [2.05, 4.69) is 26.6 Å². The van der Waals surface area contributed by atoms with E-state index in [1.807, 2.05) is 13.8 Å². The Morgan fingerprint density at radius 1 is 0.774 bits per heavy atom. The summed E-state index contributed by atoms with van der Waals surface area (Å²) in [6.45, 7) is 15.8. The monoisotopic (exact) mass is 745 g/mol. The first-order valence-corrected chi connectivity index (χ1v) is 17.5. The van der Waals surface area contributed by atoms with Gasteiger partial charge in [0.15, 0.2) is 5.78 Å². The van der Waals surface area contributed by atoms with E-state index in [0.29, 0.717) is 6.29 Å². The van der Waals surface area contributed by atoms with Crippen LogP contribution in [0.3, 0.4) is 0 Å². The Morgan fingerprint density at radius 2 is 1.36 bits per heavy atom. The number of alkyl carbamates (subject to hydrolysis) is 1. The second-order valence-electron chi connectivity index (χ2n) is 15.0. The van der Waals surface area contributed by atoms with E-state index in [9.17, 15) is 48.3 Å². The highest BCUT2D eigenvalue weighted by Crippen LogP contribution is 2.24. The number of ether oxygens (including phenoxy) is 1. The summed E-state index contributed by atoms with van der Waals surface area (Å²) in [7, 11) is 0. The third-order valence-electron chi connectivity index (χ3n) is 7.98. The molecule has 6 atom stereocenters. The lowest BCUT2D eigenvalue weighted by atomic mass is 9.84. The number of hydrogen-bond donors (Lipinski definition) is 6. The number of carboxylic acid groups (broad SMARTS) is 1. The molecule has 16 nitrogen and oxygen atoms in total. The van der Waals surface area contributed by atoms with Crippen molar-refractivity contribution >= 4 is 54.0 Å². The maximum absolute atomic E-state index is 14.1. The Balaban J connectivity index is 3.16. The summed E-state index contributed by atoms with van der Waals surface area (Å²) in [5.41, 5.74) is -0.430. The number of nitrogens with one attached hydrogen (secondary N) is 5. The molecule has 0 aliphatic heterocycles. The van der Waals surface area contributed by atoms with Crippen LogP contribution < -0.4 is 26.6 Å². The van der Waals surface area contributed by atoms with Crippen LogP contribution in [0.2, 0.25) is 0 Å². The molecular formula is C37H55N5O11. The van der Waals surface area contributed by atoms with Gasteiger partial charge >= 0.3 is 12.1 Å². The van der Waals surface area contributed by atoms with Crippen LogP contribution in [-0.2, 0) is 38.3 Å². The van der Waals surface area contributed by atoms with Crippen LogP contribution in [-0.4, -0.2) is 95.5 Å². The third kappa shape index (κ3) is 15.2. The average molecular weight is 746 g/mol. The van der Waals surface area contributed by atoms with Crippen LogP contribution in [0.25, 0.3) is 0 Å². The zero-order chi connectivity index (χ0) is 40.8. The third-order valence-corrected chi connectivity index (χ3v) is 7.98. The van der Waals surface area contributed by atoms with Gasteiger partial charge in [0.2, 0.25) is 23.6 Å². The molecular weight excluding hydrogens is 690 g/mol. The van der Waals surface area contributed by atoms with Gasteiger partial charge in [0, 0.05) is 5.56 Å². The minimum Gasteiger partial charge on any atom is -0.481 e. The number of rotatable bonds is 20. The van der Waals surface area contributed by atoms with Crippen molar-refractivity contribution in [2.24, 2.45) is 23.7 Å². The predicted octanol–water partition coefficient (Wildman–Crippen LogP) is 1.89. The van der Waals surface area contributed by atoms with Crippen LogP contribution in [0.5, 0.6) is 0 Å². The topological polar surface area (TPSA) is 243 Å². The quantitative estimate of drug-likeness (QED) is 0.0832. The van der Waals surface area contributed by atoms with Crippen LogP contribution in [0.4, 0.5) is 4.79 Å². The number of hydrogen-bond acceptors (Lipinski definition) is 10. The molecule has 0 spiro atoms. The van der Waals surface area contributed by atoms with Gasteiger partial charge in [-0.15, -0.1) is 0 Å². The first-order valence-electron chi connectivity index (χ1n) is 17.5. The summed E-state index contributed by atoms with van der Waals surface area (Å²) in [6, 6.07) is 0.541. The number of aliphatic carboxylic acids is 1. The summed E-state index contributed by atoms with van der Waals surface area (Å²) in [4.78, 5) is 114. The molecule has 0 aromatic heterocycles. The number of carboxylic acids is 1. The van der Waals surface area contributed by atoms with E-state index in [4.69, 9.17) is 4.74 Å². The van der Waals surface area contributed by atoms with Gasteiger partial charge in [-0.2, -0.15) is 0 Å². The van der Waals surface area contributed by atoms with Crippen molar-refractivity contribution in [3.63, 3.8) is 0 Å². The molecule has 0 saturated carbocycles. The Morgan fingerprint density at radius 3 is 1.81 bits per heavy atom. The lowest BCUT2D eigenvalue weighted by molar-refractivity contribution is -0.146. The first kappa shape index (κ1) is 45.9. The largest absolute Gasteiger partial charge is 0.481 e. The molecule has 0 bridgehead atoms. The van der Waals surface area contributed by atoms with Gasteiger partial charge in [-0.1, -0.05) is 65.8 Å². The lowest BCUT2D eigenvalue weighted by Gasteiger charge is -2.28. The maximum atomic E-state index is 14.1. The summed E-state index contributed by atoms with van der Waals surface area (Å²) >= 11 is 0. The van der Waals surface area contributed by atoms with Crippen molar-refractivity contribution in [2.45, 2.75) is 111 Å². The smallest absolute Gasteiger partial charge is 0.408 e. The van der Waals surface area contributed by atoms with Crippen LogP contribution >= 0.6 is 0 Å². The van der Waals surface area contributed by atoms with E-state index in [-0.39, 0.29) is 29.8 Å². The molecule has 0 fully saturated rings. The highest BCUT2D eigenvalue weighted by molar-refractivity contribution is 6.10. The maximum Gasteiger partial charge on any atom is 0.408 e. The number of Topliss-reactive ketones (excluding diaryl/α,β-unsaturated/α-hetero) is 1. The van der Waals surface area contributed by atoms with Crippen LogP contribution in [0, 0.1) is 23.7 Å². The Hall–Kier alpha value is -5.15. The Kier molecular flexibility index (Phi) is 18.0. The van der Waals surface area contributed by atoms with E-state index in [1.165, 1.54) is 31.2 Å². The minimum absolute atomic E-state index is 0.000320. The van der Waals surface area contributed by atoms with Gasteiger partial charge in [-0.25, -0.2) is 4.79 Å². The Bertz CT molecular complexity index is 1480. The summed E-state index contributed by atoms with van der Waals surface area (Å²) in [5, 5.41) is 22.0. The fraction of sp³-hybridized carbons (Fsp3) is 0.595. The zero-order valence-corrected chi connectivity index (χ0v) is 32.1. The van der Waals surface area contributed by atoms with E-state index >= 15 is 0 Å². The van der Waals surface area contributed by atoms with Crippen molar-refractivity contribution in [3.8, 4) is 0 Å². The fourth-order valence-electron chi connectivity index (χ4n) is 5.34. The molecule has 2 unspecified atom stereocenters. The molecule has 0 saturated heterocycles. The predicted molar refractivity (Wildman–Crippen MR) is 194 cm³/mol. The Labute approximate surface area is 310 Å². The fourth-order valence-corrected chi connectivity index (χ4v) is 5.34. The van der Waals surface area contributed by atoms with Crippen molar-refractivity contribution < 1.29 is 53.0 Å². The minimum atomic E-state index is -1.63. The van der Waals surface area contributed by atoms with Crippen molar-refractivity contribution in [1.29, 1.82) is 0 Å². The van der Waals surface area contributed by atoms with E-state index in [1.54, 1.807) is 48.5 Å². The SMILES string of the molecule is CC(C)C[C@H](NC(=O)OC(C)(C)C)C(=O)N[C@@H](C)C(=O)NCC(=O)N[C@H](C(=O)C(C(=O)N[C@H](C=O)C(C(=O)O)C(C)C)c1ccc(C=O)cc1)C(C)C. The van der Waals surface area contributed by atoms with Gasteiger partial charge in [0.05, 0.1) is 24.5 Å². The zero-order valence-electron chi connectivity index (χ0n) is 32.1. The van der Waals surface area contributed by atoms with E-state index < -0.39 is 101 Å². The molecule has 53 heavy (non-hydrogen) atoms. The highest BCUT2D eigenvalue weighted by atomic mass is 16.6. The first-order chi connectivity index (χ1) is 24.5. The second kappa shape index (κ2) is 20.8. The number of amides is 5. The number of aldehydes is 2. The van der Waals surface area contributed by atoms with Gasteiger partial charge < -0.3 is 41.2 Å². The normalized spacial score (nSPS) is 14.8. The van der Waals surface area contributed by atoms with Crippen LogP contribution in [0.1, 0.15) is 97.5 Å². The number of ketones is 1. The van der Waals surface area contributed by atoms with Gasteiger partial charge in [0.25, 0.3) is 0 Å². The average Bonchev–Trinajstić information content (AvgIpc) is 3.04. The summed E-state index contributed by atoms with van der Waals surface area (Å²) in [5.74, 6) is -9.41. The molecule has 0 radical (unpaired) electrons. The van der Waals surface area contributed by atoms with E-state index in [0.717, 1.165) is 0 Å². The number of carbonyl (C=O) groups excluding carboxylic acids is 8. The molecule has 294 valence electrons. The molecule has 16 heteroatoms. The molecule has 6 N–H and O–H groups in total. The van der Waals surface area contributed by atoms with Crippen LogP contribution in [0.15, 0.2) is 24.3 Å². The van der Waals surface area contributed by atoms with Crippen molar-refractivity contribution in [1.82, 2.24) is 26.6 Å². The summed E-state index contributed by atoms with van der Waals surface area (Å²) < 4.78 is 5.25. The molecule has 0 aliphatic rings. The van der Waals surface area contributed by atoms with Gasteiger partial charge in [0.1, 0.15) is 36.2 Å². The standard InChI is InChI=1S/C37H55N5O11/c1-19(2)15-25(41-36(52)53-37(8,9)10)33(48)39-22(7)32(47)38-16-27(45)42-30(21(5)6)31(46)29(24-13-11-23(17-43)12-14-24)34(49)40-26(18-44)28(20(3)4)35(50)51/h11-14,17-22,25-26,28-30H,15-16H2,1-10H3,(H,38,47)(H,39,48)(H,40,49)(H,41,52)(H,42,45)(H,50,51)/t22-,25-,26+,28?,29?,30-/m0/s1. The second-order valence-corrected chi connectivity index (χ2v) is 15.0. The lowest BCUT2D eigenvalue weighted by Crippen LogP contribution is -2.55. The summed E-state index contributed by atoms with van der Waals surface area (Å²) in [6.07, 6.45) is 0.290. The molecule has 1 aromatic carbocycles. The molecule has 5 amide bonds. The molecule has 0 heterocycles. The van der Waals surface area contributed by atoms with Crippen molar-refractivity contribution in [3.05, 3.63) is 35.4 Å². The van der Waals surface area contributed by atoms with Gasteiger partial charge in [-0.3, -0.25) is 33.6 Å². The number of benzene rings is 1. The highest BCUT2D eigenvalue weighted by Gasteiger charge is 2.39. The molecule has 0 aliphatic carbocycles. The van der Waals surface area contributed by atoms with Gasteiger partial charge in [-0.05, 0) is 57.4 Å². The number of carbonyl (C=O) groups is 9. The molecule has 1 aromatic rings. The molecule has 1 rings (SSSR count).